The Balaban J connectivity index is 1.43. The van der Waals surface area contributed by atoms with Gasteiger partial charge in [0.25, 0.3) is 5.91 Å². The van der Waals surface area contributed by atoms with Gasteiger partial charge in [-0.1, -0.05) is 12.1 Å². The number of hydrogen-bond donors (Lipinski definition) is 1. The number of amides is 2. The van der Waals surface area contributed by atoms with Gasteiger partial charge in [-0.3, -0.25) is 19.4 Å². The van der Waals surface area contributed by atoms with E-state index in [2.05, 4.69) is 27.2 Å². The molecule has 0 spiro atoms. The monoisotopic (exact) mass is 372 g/mol. The van der Waals surface area contributed by atoms with E-state index in [1.807, 2.05) is 30.9 Å². The third kappa shape index (κ3) is 5.78. The van der Waals surface area contributed by atoms with Crippen LogP contribution in [0, 0.1) is 0 Å². The minimum atomic E-state index is 0.108. The molecule has 27 heavy (non-hydrogen) atoms. The average Bonchev–Trinajstić information content (AvgIpc) is 3.17. The summed E-state index contributed by atoms with van der Waals surface area (Å²) in [5.41, 5.74) is 2.03. The second kappa shape index (κ2) is 9.33. The van der Waals surface area contributed by atoms with Gasteiger partial charge in [-0.05, 0) is 44.4 Å². The van der Waals surface area contributed by atoms with Gasteiger partial charge in [0.1, 0.15) is 0 Å². The van der Waals surface area contributed by atoms with E-state index in [4.69, 9.17) is 0 Å². The van der Waals surface area contributed by atoms with Crippen LogP contribution in [-0.4, -0.2) is 78.4 Å². The minimum Gasteiger partial charge on any atom is -0.353 e. The van der Waals surface area contributed by atoms with Gasteiger partial charge in [-0.2, -0.15) is 0 Å². The summed E-state index contributed by atoms with van der Waals surface area (Å²) in [6.45, 7) is 10.9. The van der Waals surface area contributed by atoms with Crippen LogP contribution in [0.15, 0.2) is 24.3 Å². The van der Waals surface area contributed by atoms with E-state index in [-0.39, 0.29) is 17.9 Å². The highest BCUT2D eigenvalue weighted by Crippen LogP contribution is 2.15. The highest BCUT2D eigenvalue weighted by Gasteiger charge is 2.21. The van der Waals surface area contributed by atoms with Crippen molar-refractivity contribution in [2.45, 2.75) is 39.3 Å². The summed E-state index contributed by atoms with van der Waals surface area (Å²) in [4.78, 5) is 30.9. The molecule has 0 aromatic heterocycles. The molecule has 1 aromatic carbocycles. The van der Waals surface area contributed by atoms with E-state index in [9.17, 15) is 9.59 Å². The number of carbonyl (C=O) groups excluding carboxylic acids is 2. The Morgan fingerprint density at radius 1 is 0.926 bits per heavy atom. The zero-order valence-electron chi connectivity index (χ0n) is 16.6. The number of nitrogens with one attached hydrogen (secondary N) is 1. The third-order valence-corrected chi connectivity index (χ3v) is 5.28. The molecule has 2 aliphatic rings. The number of hydrogen-bond acceptors (Lipinski definition) is 4. The fourth-order valence-electron chi connectivity index (χ4n) is 3.79. The maximum absolute atomic E-state index is 12.4. The Labute approximate surface area is 162 Å². The molecule has 2 aliphatic heterocycles. The summed E-state index contributed by atoms with van der Waals surface area (Å²) in [6.07, 6.45) is 2.24. The van der Waals surface area contributed by atoms with Crippen LogP contribution in [0.3, 0.4) is 0 Å². The Morgan fingerprint density at radius 2 is 1.52 bits per heavy atom. The molecular formula is C21H32N4O2. The molecule has 2 fully saturated rings. The number of rotatable bonds is 6. The lowest BCUT2D eigenvalue weighted by atomic mass is 10.1. The molecule has 6 nitrogen and oxygen atoms in total. The van der Waals surface area contributed by atoms with Gasteiger partial charge in [-0.25, -0.2) is 0 Å². The number of likely N-dealkylation sites (tertiary alicyclic amines) is 1. The molecule has 1 aromatic rings. The molecule has 148 valence electrons. The molecule has 2 saturated heterocycles. The number of carbonyl (C=O) groups is 2. The van der Waals surface area contributed by atoms with Crippen LogP contribution < -0.4 is 5.32 Å². The number of piperazine rings is 1. The molecule has 2 heterocycles. The predicted molar refractivity (Wildman–Crippen MR) is 107 cm³/mol. The van der Waals surface area contributed by atoms with Crippen LogP contribution in [0.1, 0.15) is 42.6 Å². The summed E-state index contributed by atoms with van der Waals surface area (Å²) in [5, 5.41) is 2.95. The lowest BCUT2D eigenvalue weighted by Crippen LogP contribution is -2.49. The van der Waals surface area contributed by atoms with E-state index in [1.165, 1.54) is 5.56 Å². The van der Waals surface area contributed by atoms with Crippen molar-refractivity contribution in [2.75, 3.05) is 45.8 Å². The first-order chi connectivity index (χ1) is 13.0. The van der Waals surface area contributed by atoms with Crippen molar-refractivity contribution in [3.63, 3.8) is 0 Å². The molecule has 3 rings (SSSR count). The second-order valence-corrected chi connectivity index (χ2v) is 7.97. The smallest absolute Gasteiger partial charge is 0.253 e. The third-order valence-electron chi connectivity index (χ3n) is 5.28. The molecular weight excluding hydrogens is 340 g/mol. The number of nitrogens with zero attached hydrogens (tertiary/aromatic N) is 3. The van der Waals surface area contributed by atoms with E-state index >= 15 is 0 Å². The van der Waals surface area contributed by atoms with Gasteiger partial charge in [0.05, 0.1) is 6.54 Å². The standard InChI is InChI=1S/C21H32N4O2/c1-17(2)22-20(26)16-24-13-11-23(12-14-24)15-18-5-7-19(8-6-18)21(27)25-9-3-4-10-25/h5-8,17H,3-4,9-16H2,1-2H3,(H,22,26). The zero-order valence-corrected chi connectivity index (χ0v) is 16.6. The first kappa shape index (κ1) is 19.8. The van der Waals surface area contributed by atoms with Crippen LogP contribution in [0.25, 0.3) is 0 Å². The maximum atomic E-state index is 12.4. The normalized spacial score (nSPS) is 18.9. The van der Waals surface area contributed by atoms with Crippen LogP contribution in [0.4, 0.5) is 0 Å². The first-order valence-corrected chi connectivity index (χ1v) is 10.1. The topological polar surface area (TPSA) is 55.9 Å². The summed E-state index contributed by atoms with van der Waals surface area (Å²) in [7, 11) is 0. The van der Waals surface area contributed by atoms with E-state index in [0.717, 1.165) is 64.2 Å². The Morgan fingerprint density at radius 3 is 2.11 bits per heavy atom. The maximum Gasteiger partial charge on any atom is 0.253 e. The highest BCUT2D eigenvalue weighted by atomic mass is 16.2. The zero-order chi connectivity index (χ0) is 19.2. The van der Waals surface area contributed by atoms with E-state index in [0.29, 0.717) is 6.54 Å². The van der Waals surface area contributed by atoms with Crippen molar-refractivity contribution in [2.24, 2.45) is 0 Å². The van der Waals surface area contributed by atoms with Crippen molar-refractivity contribution in [1.82, 2.24) is 20.0 Å². The fraction of sp³-hybridized carbons (Fsp3) is 0.619. The van der Waals surface area contributed by atoms with Crippen LogP contribution in [0.2, 0.25) is 0 Å². The van der Waals surface area contributed by atoms with Gasteiger partial charge in [-0.15, -0.1) is 0 Å². The van der Waals surface area contributed by atoms with Crippen molar-refractivity contribution < 1.29 is 9.59 Å². The van der Waals surface area contributed by atoms with Gasteiger partial charge < -0.3 is 10.2 Å². The van der Waals surface area contributed by atoms with Crippen molar-refractivity contribution in [3.05, 3.63) is 35.4 Å². The summed E-state index contributed by atoms with van der Waals surface area (Å²) in [6, 6.07) is 8.27. The summed E-state index contributed by atoms with van der Waals surface area (Å²) >= 11 is 0. The van der Waals surface area contributed by atoms with Gasteiger partial charge in [0, 0.05) is 57.4 Å². The Hall–Kier alpha value is -1.92. The predicted octanol–water partition coefficient (Wildman–Crippen LogP) is 1.56. The molecule has 0 radical (unpaired) electrons. The van der Waals surface area contributed by atoms with Crippen molar-refractivity contribution in [3.8, 4) is 0 Å². The minimum absolute atomic E-state index is 0.108. The largest absolute Gasteiger partial charge is 0.353 e. The second-order valence-electron chi connectivity index (χ2n) is 7.97. The highest BCUT2D eigenvalue weighted by molar-refractivity contribution is 5.94. The van der Waals surface area contributed by atoms with Crippen LogP contribution in [-0.2, 0) is 11.3 Å². The molecule has 0 atom stereocenters. The Kier molecular flexibility index (Phi) is 6.85. The average molecular weight is 373 g/mol. The molecule has 6 heteroatoms. The van der Waals surface area contributed by atoms with Crippen LogP contribution in [0.5, 0.6) is 0 Å². The Bertz CT molecular complexity index is 630. The molecule has 0 saturated carbocycles. The molecule has 0 bridgehead atoms. The molecule has 0 unspecified atom stereocenters. The van der Waals surface area contributed by atoms with Crippen molar-refractivity contribution in [1.29, 1.82) is 0 Å². The van der Waals surface area contributed by atoms with Crippen LogP contribution >= 0.6 is 0 Å². The summed E-state index contributed by atoms with van der Waals surface area (Å²) < 4.78 is 0. The van der Waals surface area contributed by atoms with E-state index in [1.54, 1.807) is 0 Å². The van der Waals surface area contributed by atoms with Crippen molar-refractivity contribution >= 4 is 11.8 Å². The molecule has 0 aliphatic carbocycles. The molecule has 1 N–H and O–H groups in total. The quantitative estimate of drug-likeness (QED) is 0.824. The molecule has 2 amide bonds. The van der Waals surface area contributed by atoms with E-state index < -0.39 is 0 Å². The fourth-order valence-corrected chi connectivity index (χ4v) is 3.79. The summed E-state index contributed by atoms with van der Waals surface area (Å²) in [5.74, 6) is 0.268. The lowest BCUT2D eigenvalue weighted by molar-refractivity contribution is -0.123. The number of benzene rings is 1. The van der Waals surface area contributed by atoms with Gasteiger partial charge >= 0.3 is 0 Å². The SMILES string of the molecule is CC(C)NC(=O)CN1CCN(Cc2ccc(C(=O)N3CCCC3)cc2)CC1. The lowest BCUT2D eigenvalue weighted by Gasteiger charge is -2.34. The van der Waals surface area contributed by atoms with Gasteiger partial charge in [0.15, 0.2) is 0 Å². The first-order valence-electron chi connectivity index (χ1n) is 10.1. The van der Waals surface area contributed by atoms with Gasteiger partial charge in [0.2, 0.25) is 5.91 Å².